The van der Waals surface area contributed by atoms with Crippen molar-refractivity contribution in [2.75, 3.05) is 32.2 Å². The minimum absolute atomic E-state index is 0.119. The molecule has 67 heavy (non-hydrogen) atoms. The predicted molar refractivity (Wildman–Crippen MR) is 250 cm³/mol. The van der Waals surface area contributed by atoms with Crippen molar-refractivity contribution in [2.45, 2.75) is 129 Å². The largest absolute Gasteiger partial charge is 0.453 e. The van der Waals surface area contributed by atoms with Gasteiger partial charge in [0.05, 0.1) is 49.4 Å². The number of nitrogens with zero attached hydrogens (tertiary/aromatic N) is 5. The lowest BCUT2D eigenvalue weighted by Gasteiger charge is -2.34. The van der Waals surface area contributed by atoms with Crippen LogP contribution in [0.2, 0.25) is 0 Å². The summed E-state index contributed by atoms with van der Waals surface area (Å²) in [6.45, 7) is 14.7. The monoisotopic (exact) mass is 923 g/mol. The predicted octanol–water partition coefficient (Wildman–Crippen LogP) is 9.19. The summed E-state index contributed by atoms with van der Waals surface area (Å²) in [4.78, 5) is 73.8. The zero-order valence-electron chi connectivity index (χ0n) is 39.8. The number of hydrogen-bond acceptors (Lipinski definition) is 9. The number of alkyl carbamates (subject to hydrolysis) is 2. The summed E-state index contributed by atoms with van der Waals surface area (Å²) >= 11 is 0. The number of hydrogen-bond donors (Lipinski definition) is 4. The first-order chi connectivity index (χ1) is 31.9. The number of H-pyrrole nitrogens is 2. The smallest absolute Gasteiger partial charge is 0.407 e. The number of benzene rings is 3. The van der Waals surface area contributed by atoms with Crippen LogP contribution in [-0.4, -0.2) is 93.1 Å². The lowest BCUT2D eigenvalue weighted by atomic mass is 9.87. The Hall–Kier alpha value is -6.26. The van der Waals surface area contributed by atoms with Gasteiger partial charge in [0, 0.05) is 29.9 Å². The van der Waals surface area contributed by atoms with E-state index in [4.69, 9.17) is 19.4 Å². The van der Waals surface area contributed by atoms with Gasteiger partial charge in [0.2, 0.25) is 11.8 Å². The van der Waals surface area contributed by atoms with Crippen LogP contribution in [0.3, 0.4) is 0 Å². The van der Waals surface area contributed by atoms with Crippen molar-refractivity contribution in [1.82, 2.24) is 40.4 Å². The Kier molecular flexibility index (Phi) is 13.2. The highest BCUT2D eigenvalue weighted by Gasteiger charge is 2.42. The Morgan fingerprint density at radius 1 is 0.642 bits per heavy atom. The van der Waals surface area contributed by atoms with E-state index in [1.54, 1.807) is 21.9 Å². The molecule has 15 nitrogen and oxygen atoms in total. The van der Waals surface area contributed by atoms with Crippen LogP contribution in [0, 0.1) is 23.5 Å². The first-order valence-electron chi connectivity index (χ1n) is 23.5. The van der Waals surface area contributed by atoms with Gasteiger partial charge < -0.3 is 44.8 Å². The maximum Gasteiger partial charge on any atom is 0.407 e. The molecule has 0 bridgehead atoms. The summed E-state index contributed by atoms with van der Waals surface area (Å²) in [5.74, 6) is -0.981. The Bertz CT molecular complexity index is 2510. The lowest BCUT2D eigenvalue weighted by molar-refractivity contribution is -0.136. The molecular weight excluding hydrogens is 861 g/mol. The number of methoxy groups -OCH3 is 2. The van der Waals surface area contributed by atoms with E-state index in [0.717, 1.165) is 11.3 Å². The average molecular weight is 924 g/mol. The molecular formula is C50H63F2N9O6. The number of ether oxygens (including phenoxy) is 2. The van der Waals surface area contributed by atoms with Crippen molar-refractivity contribution in [2.24, 2.45) is 11.8 Å². The number of rotatable bonds is 11. The number of fused-ring (bicyclic) bond motifs is 2. The molecule has 0 radical (unpaired) electrons. The van der Waals surface area contributed by atoms with E-state index in [0.29, 0.717) is 85.4 Å². The van der Waals surface area contributed by atoms with Gasteiger partial charge >= 0.3 is 12.2 Å². The second kappa shape index (κ2) is 18.8. The van der Waals surface area contributed by atoms with Crippen LogP contribution in [-0.2, 0) is 24.5 Å². The molecule has 4 N–H and O–H groups in total. The molecule has 17 heteroatoms. The third kappa shape index (κ3) is 9.00. The van der Waals surface area contributed by atoms with E-state index in [-0.39, 0.29) is 40.1 Å². The molecule has 3 fully saturated rings. The molecule has 3 aliphatic rings. The van der Waals surface area contributed by atoms with Crippen LogP contribution in [0.1, 0.15) is 139 Å². The SMILES string of the molecule is COC(=O)NC(C(=O)N1CCC[C@H]1c1nc2c(F)c([C@@H]3CC[C@H](c4ccc5[nH]c([C@@H]6CCCN6C(=O)[C@@H](NC(=O)OC)C(C)C)nc5c4F)N3c3ccc(C(C)(C)C)cc3)ccc2[nH]1)C(C)C. The zero-order valence-corrected chi connectivity index (χ0v) is 39.8. The van der Waals surface area contributed by atoms with Crippen LogP contribution < -0.4 is 15.5 Å². The molecule has 4 amide bonds. The molecule has 3 saturated heterocycles. The number of amides is 4. The number of carbonyl (C=O) groups excluding carboxylic acids is 4. The van der Waals surface area contributed by atoms with Gasteiger partial charge in [-0.3, -0.25) is 9.59 Å². The van der Waals surface area contributed by atoms with Gasteiger partial charge in [0.15, 0.2) is 11.6 Å². The summed E-state index contributed by atoms with van der Waals surface area (Å²) in [5, 5.41) is 5.34. The second-order valence-corrected chi connectivity index (χ2v) is 19.9. The van der Waals surface area contributed by atoms with E-state index < -0.39 is 60.1 Å². The lowest BCUT2D eigenvalue weighted by Crippen LogP contribution is -2.51. The van der Waals surface area contributed by atoms with Crippen LogP contribution >= 0.6 is 0 Å². The minimum Gasteiger partial charge on any atom is -0.453 e. The Labute approximate surface area is 389 Å². The molecule has 0 spiro atoms. The quantitative estimate of drug-likeness (QED) is 0.101. The van der Waals surface area contributed by atoms with Crippen LogP contribution in [0.5, 0.6) is 0 Å². The fourth-order valence-electron chi connectivity index (χ4n) is 10.3. The molecule has 3 aliphatic heterocycles. The van der Waals surface area contributed by atoms with E-state index in [2.05, 4.69) is 58.4 Å². The molecule has 1 unspecified atom stereocenters. The summed E-state index contributed by atoms with van der Waals surface area (Å²) in [6, 6.07) is 11.9. The fourth-order valence-corrected chi connectivity index (χ4v) is 10.3. The summed E-state index contributed by atoms with van der Waals surface area (Å²) < 4.78 is 44.1. The number of carbonyl (C=O) groups is 4. The highest BCUT2D eigenvalue weighted by atomic mass is 19.1. The number of anilines is 1. The number of nitrogens with one attached hydrogen (secondary N) is 4. The van der Waals surface area contributed by atoms with Crippen LogP contribution in [0.15, 0.2) is 48.5 Å². The maximum absolute atomic E-state index is 17.2. The zero-order chi connectivity index (χ0) is 48.1. The Morgan fingerprint density at radius 2 is 1.06 bits per heavy atom. The van der Waals surface area contributed by atoms with Gasteiger partial charge in [0.25, 0.3) is 0 Å². The molecule has 8 rings (SSSR count). The van der Waals surface area contributed by atoms with Crippen molar-refractivity contribution >= 4 is 51.8 Å². The number of imidazole rings is 2. The molecule has 5 aromatic rings. The molecule has 0 saturated carbocycles. The van der Waals surface area contributed by atoms with Crippen molar-refractivity contribution in [3.8, 4) is 0 Å². The highest BCUT2D eigenvalue weighted by molar-refractivity contribution is 5.88. The van der Waals surface area contributed by atoms with Crippen molar-refractivity contribution in [3.63, 3.8) is 0 Å². The van der Waals surface area contributed by atoms with Gasteiger partial charge in [0.1, 0.15) is 34.8 Å². The van der Waals surface area contributed by atoms with Crippen molar-refractivity contribution in [3.05, 3.63) is 88.5 Å². The first-order valence-corrected chi connectivity index (χ1v) is 23.5. The number of halogens is 2. The molecule has 358 valence electrons. The summed E-state index contributed by atoms with van der Waals surface area (Å²) in [7, 11) is 2.51. The average Bonchev–Trinajstić information content (AvgIpc) is 4.15. The normalized spacial score (nSPS) is 20.9. The number of aromatic nitrogens is 4. The van der Waals surface area contributed by atoms with E-state index in [9.17, 15) is 19.2 Å². The first kappa shape index (κ1) is 47.2. The Morgan fingerprint density at radius 3 is 1.43 bits per heavy atom. The van der Waals surface area contributed by atoms with E-state index >= 15 is 8.78 Å². The third-order valence-electron chi connectivity index (χ3n) is 13.9. The number of likely N-dealkylation sites (tertiary alicyclic amines) is 2. The van der Waals surface area contributed by atoms with Crippen molar-refractivity contribution < 1.29 is 37.4 Å². The topological polar surface area (TPSA) is 178 Å². The standard InChI is InChI=1S/C50H63F2N9O6/c1-26(2)40(57-48(64)66-8)46(62)59-24-10-12-36(59)44-53-32-20-18-30(38(51)42(32)55-44)34-22-23-35(61(34)29-16-14-28(15-17-29)50(5,6)7)31-19-21-33-43(39(31)52)56-45(54-33)37-13-11-25-60(37)47(63)41(27(3)4)58-49(65)67-9/h14-21,26-27,34-37,40-41H,10-13,22-25H2,1-9H3,(H,53,55)(H,54,56)(H,57,64)(H,58,65)/t34-,35+,36-,37-,40?,41-/m0/s1. The van der Waals surface area contributed by atoms with Crippen LogP contribution in [0.25, 0.3) is 22.1 Å². The molecule has 5 heterocycles. The van der Waals surface area contributed by atoms with E-state index in [1.165, 1.54) is 14.2 Å². The van der Waals surface area contributed by atoms with Gasteiger partial charge in [-0.15, -0.1) is 0 Å². The van der Waals surface area contributed by atoms with Crippen molar-refractivity contribution in [1.29, 1.82) is 0 Å². The maximum atomic E-state index is 17.2. The summed E-state index contributed by atoms with van der Waals surface area (Å²) in [5.41, 5.74) is 3.95. The molecule has 2 aromatic heterocycles. The molecule has 0 aliphatic carbocycles. The Balaban J connectivity index is 1.12. The highest BCUT2D eigenvalue weighted by Crippen LogP contribution is 2.49. The second-order valence-electron chi connectivity index (χ2n) is 19.9. The molecule has 3 aromatic carbocycles. The minimum atomic E-state index is -0.811. The van der Waals surface area contributed by atoms with Crippen LogP contribution in [0.4, 0.5) is 24.1 Å². The van der Waals surface area contributed by atoms with Gasteiger partial charge in [-0.05, 0) is 85.6 Å². The van der Waals surface area contributed by atoms with Gasteiger partial charge in [-0.1, -0.05) is 72.7 Å². The van der Waals surface area contributed by atoms with E-state index in [1.807, 2.05) is 52.0 Å². The third-order valence-corrected chi connectivity index (χ3v) is 13.9. The molecule has 6 atom stereocenters. The fraction of sp³-hybridized carbons (Fsp3) is 0.520. The van der Waals surface area contributed by atoms with Gasteiger partial charge in [-0.2, -0.15) is 0 Å². The summed E-state index contributed by atoms with van der Waals surface area (Å²) in [6.07, 6.45) is 2.30. The van der Waals surface area contributed by atoms with Gasteiger partial charge in [-0.25, -0.2) is 28.3 Å². The number of aromatic amines is 2.